The highest BCUT2D eigenvalue weighted by Gasteiger charge is 2.38. The Hall–Kier alpha value is -1.14. The van der Waals surface area contributed by atoms with Gasteiger partial charge >= 0.3 is 6.03 Å². The topological polar surface area (TPSA) is 81.7 Å². The van der Waals surface area contributed by atoms with E-state index < -0.39 is 18.2 Å². The average Bonchev–Trinajstić information content (AvgIpc) is 2.54. The minimum absolute atomic E-state index is 0.0357. The van der Waals surface area contributed by atoms with E-state index in [1.54, 1.807) is 0 Å². The van der Waals surface area contributed by atoms with Crippen molar-refractivity contribution in [2.45, 2.75) is 58.2 Å². The number of amides is 3. The molecule has 6 nitrogen and oxygen atoms in total. The first-order chi connectivity index (χ1) is 8.74. The van der Waals surface area contributed by atoms with Gasteiger partial charge in [-0.3, -0.25) is 9.69 Å². The van der Waals surface area contributed by atoms with Crippen LogP contribution < -0.4 is 10.6 Å². The van der Waals surface area contributed by atoms with Crippen LogP contribution in [0.2, 0.25) is 0 Å². The maximum absolute atomic E-state index is 12.0. The molecule has 1 fully saturated rings. The van der Waals surface area contributed by atoms with Gasteiger partial charge in [0.25, 0.3) is 5.91 Å². The molecule has 0 radical (unpaired) electrons. The van der Waals surface area contributed by atoms with Gasteiger partial charge in [-0.1, -0.05) is 13.3 Å². The number of hydrogen-bond acceptors (Lipinski definition) is 4. The quantitative estimate of drug-likeness (QED) is 0.613. The zero-order valence-corrected chi connectivity index (χ0v) is 12.2. The van der Waals surface area contributed by atoms with Gasteiger partial charge in [0.2, 0.25) is 0 Å². The summed E-state index contributed by atoms with van der Waals surface area (Å²) in [6.07, 6.45) is 0.713. The number of aliphatic hydroxyl groups is 1. The van der Waals surface area contributed by atoms with Crippen LogP contribution >= 0.6 is 0 Å². The molecule has 6 heteroatoms. The fourth-order valence-electron chi connectivity index (χ4n) is 1.93. The Morgan fingerprint density at radius 2 is 2.05 bits per heavy atom. The van der Waals surface area contributed by atoms with Crippen molar-refractivity contribution in [3.05, 3.63) is 0 Å². The van der Waals surface area contributed by atoms with E-state index >= 15 is 0 Å². The van der Waals surface area contributed by atoms with Crippen molar-refractivity contribution in [3.63, 3.8) is 0 Å². The molecule has 0 aromatic heterocycles. The molecule has 0 aromatic carbocycles. The zero-order chi connectivity index (χ0) is 14.6. The summed E-state index contributed by atoms with van der Waals surface area (Å²) in [7, 11) is 0. The molecule has 0 bridgehead atoms. The maximum atomic E-state index is 12.0. The van der Waals surface area contributed by atoms with E-state index in [2.05, 4.69) is 10.6 Å². The standard InChI is InChI=1S/C13H25N3O3/c1-5-6-10-11(18)16(12(19)15-10)8-9(17)7-14-13(2,3)4/h9-10,14,17H,5-8H2,1-4H3,(H,15,19). The summed E-state index contributed by atoms with van der Waals surface area (Å²) in [6, 6.07) is -0.835. The first-order valence-electron chi connectivity index (χ1n) is 6.79. The number of nitrogens with zero attached hydrogens (tertiary/aromatic N) is 1. The highest BCUT2D eigenvalue weighted by Crippen LogP contribution is 2.11. The lowest BCUT2D eigenvalue weighted by Crippen LogP contribution is -2.46. The first kappa shape index (κ1) is 15.9. The van der Waals surface area contributed by atoms with E-state index in [1.165, 1.54) is 0 Å². The minimum Gasteiger partial charge on any atom is -0.390 e. The van der Waals surface area contributed by atoms with Gasteiger partial charge in [0.15, 0.2) is 0 Å². The van der Waals surface area contributed by atoms with Gasteiger partial charge in [0, 0.05) is 12.1 Å². The lowest BCUT2D eigenvalue weighted by molar-refractivity contribution is -0.128. The number of rotatable bonds is 6. The van der Waals surface area contributed by atoms with Crippen molar-refractivity contribution < 1.29 is 14.7 Å². The van der Waals surface area contributed by atoms with E-state index in [4.69, 9.17) is 0 Å². The number of carbonyl (C=O) groups is 2. The number of nitrogens with one attached hydrogen (secondary N) is 2. The Balaban J connectivity index is 2.48. The molecule has 1 heterocycles. The van der Waals surface area contributed by atoms with Gasteiger partial charge in [0.05, 0.1) is 12.6 Å². The van der Waals surface area contributed by atoms with Crippen LogP contribution in [0.15, 0.2) is 0 Å². The molecule has 3 N–H and O–H groups in total. The molecular formula is C13H25N3O3. The second kappa shape index (κ2) is 6.34. The second-order valence-electron chi connectivity index (χ2n) is 6.02. The van der Waals surface area contributed by atoms with Gasteiger partial charge < -0.3 is 15.7 Å². The number of urea groups is 1. The third-order valence-electron chi connectivity index (χ3n) is 2.95. The van der Waals surface area contributed by atoms with Gasteiger partial charge in [-0.25, -0.2) is 4.79 Å². The monoisotopic (exact) mass is 271 g/mol. The lowest BCUT2D eigenvalue weighted by Gasteiger charge is -2.24. The number of β-amino-alcohol motifs (C(OH)–C–C–N with tert-alkyl or cyclic N) is 1. The van der Waals surface area contributed by atoms with Crippen LogP contribution in [-0.4, -0.2) is 52.7 Å². The lowest BCUT2D eigenvalue weighted by atomic mass is 10.1. The number of aliphatic hydroxyl groups excluding tert-OH is 1. The SMILES string of the molecule is CCCC1NC(=O)N(CC(O)CNC(C)(C)C)C1=O. The molecule has 19 heavy (non-hydrogen) atoms. The first-order valence-corrected chi connectivity index (χ1v) is 6.79. The molecule has 1 aliphatic rings. The van der Waals surface area contributed by atoms with Gasteiger partial charge in [0.1, 0.15) is 6.04 Å². The minimum atomic E-state index is -0.755. The summed E-state index contributed by atoms with van der Waals surface area (Å²) in [5, 5.41) is 15.7. The van der Waals surface area contributed by atoms with Crippen LogP contribution in [0.5, 0.6) is 0 Å². The van der Waals surface area contributed by atoms with Crippen LogP contribution in [0.1, 0.15) is 40.5 Å². The number of carbonyl (C=O) groups excluding carboxylic acids is 2. The number of hydrogen-bond donors (Lipinski definition) is 3. The number of imide groups is 1. The predicted molar refractivity (Wildman–Crippen MR) is 72.7 cm³/mol. The molecule has 1 rings (SSSR count). The molecule has 2 unspecified atom stereocenters. The van der Waals surface area contributed by atoms with Crippen molar-refractivity contribution in [1.82, 2.24) is 15.5 Å². The Morgan fingerprint density at radius 3 is 2.58 bits per heavy atom. The predicted octanol–water partition coefficient (Wildman–Crippen LogP) is 0.456. The fourth-order valence-corrected chi connectivity index (χ4v) is 1.93. The molecule has 0 spiro atoms. The normalized spacial score (nSPS) is 21.7. The van der Waals surface area contributed by atoms with E-state index in [1.807, 2.05) is 27.7 Å². The van der Waals surface area contributed by atoms with E-state index in [0.717, 1.165) is 11.3 Å². The summed E-state index contributed by atoms with van der Waals surface area (Å²) in [4.78, 5) is 24.7. The van der Waals surface area contributed by atoms with E-state index in [-0.39, 0.29) is 18.0 Å². The van der Waals surface area contributed by atoms with Crippen molar-refractivity contribution in [2.24, 2.45) is 0 Å². The van der Waals surface area contributed by atoms with Gasteiger partial charge in [-0.05, 0) is 27.2 Å². The van der Waals surface area contributed by atoms with Crippen LogP contribution in [0, 0.1) is 0 Å². The average molecular weight is 271 g/mol. The molecule has 0 saturated carbocycles. The van der Waals surface area contributed by atoms with Crippen LogP contribution in [0.25, 0.3) is 0 Å². The second-order valence-corrected chi connectivity index (χ2v) is 6.02. The molecule has 110 valence electrons. The van der Waals surface area contributed by atoms with E-state index in [0.29, 0.717) is 13.0 Å². The smallest absolute Gasteiger partial charge is 0.324 e. The highest BCUT2D eigenvalue weighted by atomic mass is 16.3. The summed E-state index contributed by atoms with van der Waals surface area (Å²) in [6.45, 7) is 8.32. The van der Waals surface area contributed by atoms with Crippen molar-refractivity contribution in [3.8, 4) is 0 Å². The summed E-state index contributed by atoms with van der Waals surface area (Å²) in [5.41, 5.74) is -0.108. The Kier molecular flexibility index (Phi) is 5.31. The molecule has 2 atom stereocenters. The molecule has 3 amide bonds. The molecular weight excluding hydrogens is 246 g/mol. The van der Waals surface area contributed by atoms with Crippen molar-refractivity contribution in [1.29, 1.82) is 0 Å². The van der Waals surface area contributed by atoms with Crippen molar-refractivity contribution in [2.75, 3.05) is 13.1 Å². The summed E-state index contributed by atoms with van der Waals surface area (Å²) < 4.78 is 0. The van der Waals surface area contributed by atoms with Crippen LogP contribution in [0.3, 0.4) is 0 Å². The maximum Gasteiger partial charge on any atom is 0.324 e. The Morgan fingerprint density at radius 1 is 1.42 bits per heavy atom. The summed E-state index contributed by atoms with van der Waals surface area (Å²) >= 11 is 0. The Bertz CT molecular complexity index is 339. The Labute approximate surface area is 114 Å². The molecule has 1 aliphatic heterocycles. The molecule has 1 saturated heterocycles. The molecule has 0 aliphatic carbocycles. The van der Waals surface area contributed by atoms with E-state index in [9.17, 15) is 14.7 Å². The highest BCUT2D eigenvalue weighted by molar-refractivity contribution is 6.04. The third-order valence-corrected chi connectivity index (χ3v) is 2.95. The van der Waals surface area contributed by atoms with Gasteiger partial charge in [-0.2, -0.15) is 0 Å². The molecule has 0 aromatic rings. The van der Waals surface area contributed by atoms with Gasteiger partial charge in [-0.15, -0.1) is 0 Å². The zero-order valence-electron chi connectivity index (χ0n) is 12.2. The summed E-state index contributed by atoms with van der Waals surface area (Å²) in [5.74, 6) is -0.235. The third kappa shape index (κ3) is 4.80. The van der Waals surface area contributed by atoms with Crippen molar-refractivity contribution >= 4 is 11.9 Å². The van der Waals surface area contributed by atoms with Crippen LogP contribution in [-0.2, 0) is 4.79 Å². The van der Waals surface area contributed by atoms with Crippen LogP contribution in [0.4, 0.5) is 4.79 Å². The largest absolute Gasteiger partial charge is 0.390 e. The fraction of sp³-hybridized carbons (Fsp3) is 0.846.